The molecule has 0 bridgehead atoms. The van der Waals surface area contributed by atoms with Crippen molar-refractivity contribution in [3.05, 3.63) is 46.9 Å². The van der Waals surface area contributed by atoms with E-state index in [0.29, 0.717) is 18.9 Å². The third kappa shape index (κ3) is 2.79. The quantitative estimate of drug-likeness (QED) is 0.815. The molecular formula is C11H15N5O. The molecule has 0 amide bonds. The molecule has 2 N–H and O–H groups in total. The van der Waals surface area contributed by atoms with Crippen LogP contribution in [0.25, 0.3) is 0 Å². The zero-order valence-corrected chi connectivity index (χ0v) is 9.65. The van der Waals surface area contributed by atoms with Crippen LogP contribution < -0.4 is 11.3 Å². The number of pyridine rings is 1. The van der Waals surface area contributed by atoms with E-state index >= 15 is 0 Å². The van der Waals surface area contributed by atoms with Gasteiger partial charge in [-0.05, 0) is 13.0 Å². The molecule has 0 aromatic carbocycles. The number of aryl methyl sites for hydroxylation is 2. The molecule has 2 aromatic rings. The summed E-state index contributed by atoms with van der Waals surface area (Å²) in [6, 6.07) is 4.92. The first-order valence-electron chi connectivity index (χ1n) is 5.47. The lowest BCUT2D eigenvalue weighted by atomic mass is 10.4. The van der Waals surface area contributed by atoms with E-state index in [1.807, 2.05) is 13.0 Å². The summed E-state index contributed by atoms with van der Waals surface area (Å²) in [6.07, 6.45) is 3.39. The standard InChI is InChI=1S/C11H15N5O/c1-9(12)11-13-8-16(14-11)7-6-15-5-3-2-4-10(15)17/h2-5,8-9H,6-7,12H2,1H3. The van der Waals surface area contributed by atoms with Crippen molar-refractivity contribution in [3.8, 4) is 0 Å². The molecule has 17 heavy (non-hydrogen) atoms. The Kier molecular flexibility index (Phi) is 3.34. The summed E-state index contributed by atoms with van der Waals surface area (Å²) in [4.78, 5) is 15.5. The van der Waals surface area contributed by atoms with Gasteiger partial charge in [0.15, 0.2) is 5.82 Å². The van der Waals surface area contributed by atoms with Crippen molar-refractivity contribution in [2.45, 2.75) is 26.1 Å². The van der Waals surface area contributed by atoms with E-state index in [4.69, 9.17) is 5.73 Å². The van der Waals surface area contributed by atoms with Crippen LogP contribution in [-0.4, -0.2) is 19.3 Å². The fourth-order valence-electron chi connectivity index (χ4n) is 1.48. The monoisotopic (exact) mass is 233 g/mol. The first-order valence-corrected chi connectivity index (χ1v) is 5.47. The second-order valence-corrected chi connectivity index (χ2v) is 3.89. The Morgan fingerprint density at radius 1 is 1.41 bits per heavy atom. The molecule has 0 saturated heterocycles. The maximum atomic E-state index is 11.5. The zero-order valence-electron chi connectivity index (χ0n) is 9.65. The summed E-state index contributed by atoms with van der Waals surface area (Å²) in [6.45, 7) is 3.01. The summed E-state index contributed by atoms with van der Waals surface area (Å²) in [5.74, 6) is 0.616. The average molecular weight is 233 g/mol. The number of hydrogen-bond donors (Lipinski definition) is 1. The molecule has 1 atom stereocenters. The Morgan fingerprint density at radius 2 is 2.24 bits per heavy atom. The molecule has 0 aliphatic rings. The topological polar surface area (TPSA) is 78.7 Å². The van der Waals surface area contributed by atoms with Crippen LogP contribution in [0.4, 0.5) is 0 Å². The van der Waals surface area contributed by atoms with E-state index in [2.05, 4.69) is 10.1 Å². The van der Waals surface area contributed by atoms with Gasteiger partial charge in [-0.3, -0.25) is 9.48 Å². The van der Waals surface area contributed by atoms with Crippen molar-refractivity contribution >= 4 is 0 Å². The van der Waals surface area contributed by atoms with Gasteiger partial charge in [0.25, 0.3) is 5.56 Å². The van der Waals surface area contributed by atoms with E-state index in [1.54, 1.807) is 27.8 Å². The van der Waals surface area contributed by atoms with Gasteiger partial charge >= 0.3 is 0 Å². The summed E-state index contributed by atoms with van der Waals surface area (Å²) in [7, 11) is 0. The van der Waals surface area contributed by atoms with Gasteiger partial charge in [-0.1, -0.05) is 6.07 Å². The van der Waals surface area contributed by atoms with Crippen LogP contribution in [0.2, 0.25) is 0 Å². The number of rotatable bonds is 4. The predicted molar refractivity (Wildman–Crippen MR) is 63.3 cm³/mol. The summed E-state index contributed by atoms with van der Waals surface area (Å²) < 4.78 is 3.32. The van der Waals surface area contributed by atoms with Gasteiger partial charge in [0, 0.05) is 18.8 Å². The fourth-order valence-corrected chi connectivity index (χ4v) is 1.48. The van der Waals surface area contributed by atoms with Crippen molar-refractivity contribution in [3.63, 3.8) is 0 Å². The van der Waals surface area contributed by atoms with Gasteiger partial charge in [-0.25, -0.2) is 4.98 Å². The third-order valence-corrected chi connectivity index (χ3v) is 2.43. The Labute approximate surface area is 98.7 Å². The summed E-state index contributed by atoms with van der Waals surface area (Å²) in [5, 5.41) is 4.22. The number of nitrogens with two attached hydrogens (primary N) is 1. The second kappa shape index (κ2) is 4.92. The Bertz CT molecular complexity index is 543. The second-order valence-electron chi connectivity index (χ2n) is 3.89. The molecule has 6 heteroatoms. The lowest BCUT2D eigenvalue weighted by Crippen LogP contribution is -2.20. The first kappa shape index (κ1) is 11.5. The maximum Gasteiger partial charge on any atom is 0.250 e. The average Bonchev–Trinajstić information content (AvgIpc) is 2.77. The van der Waals surface area contributed by atoms with Crippen LogP contribution >= 0.6 is 0 Å². The highest BCUT2D eigenvalue weighted by Gasteiger charge is 2.05. The van der Waals surface area contributed by atoms with Gasteiger partial charge in [0.05, 0.1) is 12.6 Å². The van der Waals surface area contributed by atoms with Crippen molar-refractivity contribution in [2.75, 3.05) is 0 Å². The van der Waals surface area contributed by atoms with E-state index in [0.717, 1.165) is 0 Å². The van der Waals surface area contributed by atoms with Crippen molar-refractivity contribution < 1.29 is 0 Å². The first-order chi connectivity index (χ1) is 8.16. The van der Waals surface area contributed by atoms with Gasteiger partial charge in [0.1, 0.15) is 6.33 Å². The fraction of sp³-hybridized carbons (Fsp3) is 0.364. The SMILES string of the molecule is CC(N)c1ncn(CCn2ccccc2=O)n1. The molecule has 90 valence electrons. The largest absolute Gasteiger partial charge is 0.321 e. The zero-order chi connectivity index (χ0) is 12.3. The van der Waals surface area contributed by atoms with Gasteiger partial charge in [0.2, 0.25) is 0 Å². The highest BCUT2D eigenvalue weighted by Crippen LogP contribution is 2.00. The van der Waals surface area contributed by atoms with E-state index in [1.165, 1.54) is 6.07 Å². The molecule has 1 unspecified atom stereocenters. The number of hydrogen-bond acceptors (Lipinski definition) is 4. The van der Waals surface area contributed by atoms with Crippen LogP contribution in [0.15, 0.2) is 35.5 Å². The summed E-state index contributed by atoms with van der Waals surface area (Å²) in [5.41, 5.74) is 5.65. The number of aromatic nitrogens is 4. The maximum absolute atomic E-state index is 11.5. The van der Waals surface area contributed by atoms with Crippen LogP contribution in [-0.2, 0) is 13.1 Å². The van der Waals surface area contributed by atoms with E-state index in [-0.39, 0.29) is 11.6 Å². The molecule has 0 aliphatic carbocycles. The Balaban J connectivity index is 2.03. The molecule has 6 nitrogen and oxygen atoms in total. The minimum atomic E-state index is -0.171. The summed E-state index contributed by atoms with van der Waals surface area (Å²) >= 11 is 0. The molecule has 0 radical (unpaired) electrons. The van der Waals surface area contributed by atoms with Crippen LogP contribution in [0.3, 0.4) is 0 Å². The van der Waals surface area contributed by atoms with Crippen LogP contribution in [0.5, 0.6) is 0 Å². The predicted octanol–water partition coefficient (Wildman–Crippen LogP) is 0.160. The highest BCUT2D eigenvalue weighted by atomic mass is 16.1. The Morgan fingerprint density at radius 3 is 2.88 bits per heavy atom. The van der Waals surface area contributed by atoms with Gasteiger partial charge in [-0.2, -0.15) is 5.10 Å². The van der Waals surface area contributed by atoms with Crippen molar-refractivity contribution in [1.82, 2.24) is 19.3 Å². The molecule has 0 fully saturated rings. The molecule has 0 aliphatic heterocycles. The van der Waals surface area contributed by atoms with Crippen LogP contribution in [0.1, 0.15) is 18.8 Å². The molecule has 0 spiro atoms. The van der Waals surface area contributed by atoms with Crippen molar-refractivity contribution in [2.24, 2.45) is 5.73 Å². The highest BCUT2D eigenvalue weighted by molar-refractivity contribution is 4.93. The molecule has 0 saturated carbocycles. The minimum absolute atomic E-state index is 0.0139. The van der Waals surface area contributed by atoms with E-state index in [9.17, 15) is 4.79 Å². The smallest absolute Gasteiger partial charge is 0.250 e. The van der Waals surface area contributed by atoms with E-state index < -0.39 is 0 Å². The lowest BCUT2D eigenvalue weighted by Gasteiger charge is -2.04. The lowest BCUT2D eigenvalue weighted by molar-refractivity contribution is 0.516. The van der Waals surface area contributed by atoms with Crippen molar-refractivity contribution in [1.29, 1.82) is 0 Å². The molecule has 2 rings (SSSR count). The number of nitrogens with zero attached hydrogens (tertiary/aromatic N) is 4. The molecule has 2 heterocycles. The normalized spacial score (nSPS) is 12.6. The minimum Gasteiger partial charge on any atom is -0.321 e. The van der Waals surface area contributed by atoms with Crippen LogP contribution in [0, 0.1) is 0 Å². The van der Waals surface area contributed by atoms with Gasteiger partial charge < -0.3 is 10.3 Å². The molecular weight excluding hydrogens is 218 g/mol. The molecule has 2 aromatic heterocycles. The van der Waals surface area contributed by atoms with Gasteiger partial charge in [-0.15, -0.1) is 0 Å². The third-order valence-electron chi connectivity index (χ3n) is 2.43. The Hall–Kier alpha value is -1.95.